The van der Waals surface area contributed by atoms with Crippen LogP contribution in [0.15, 0.2) is 18.2 Å². The highest BCUT2D eigenvalue weighted by Gasteiger charge is 2.32. The van der Waals surface area contributed by atoms with Crippen LogP contribution in [0.4, 0.5) is 17.6 Å². The predicted molar refractivity (Wildman–Crippen MR) is 84.7 cm³/mol. The molecule has 1 heterocycles. The van der Waals surface area contributed by atoms with E-state index in [-0.39, 0.29) is 36.4 Å². The number of hydrogen-bond donors (Lipinski definition) is 1. The molecule has 0 aliphatic carbocycles. The second-order valence-electron chi connectivity index (χ2n) is 5.23. The number of methoxy groups -OCH3 is 1. The van der Waals surface area contributed by atoms with E-state index in [0.29, 0.717) is 5.56 Å². The van der Waals surface area contributed by atoms with Crippen molar-refractivity contribution in [2.75, 3.05) is 40.0 Å². The summed E-state index contributed by atoms with van der Waals surface area (Å²) >= 11 is 0. The Morgan fingerprint density at radius 1 is 1.25 bits per heavy atom. The normalized spacial score (nSPS) is 17.0. The second-order valence-corrected chi connectivity index (χ2v) is 5.23. The van der Waals surface area contributed by atoms with Crippen molar-refractivity contribution in [1.29, 1.82) is 0 Å². The zero-order chi connectivity index (χ0) is 16.9. The topological polar surface area (TPSA) is 33.7 Å². The van der Waals surface area contributed by atoms with Crippen LogP contribution in [0.3, 0.4) is 0 Å². The Bertz CT molecular complexity index is 511. The van der Waals surface area contributed by atoms with E-state index in [4.69, 9.17) is 4.74 Å². The molecule has 1 aliphatic rings. The summed E-state index contributed by atoms with van der Waals surface area (Å²) in [5.74, 6) is -0.0823. The van der Waals surface area contributed by atoms with Crippen LogP contribution in [0.1, 0.15) is 18.0 Å². The minimum atomic E-state index is -4.76. The molecule has 1 atom stereocenters. The first-order valence-electron chi connectivity index (χ1n) is 7.39. The van der Waals surface area contributed by atoms with Crippen molar-refractivity contribution in [3.8, 4) is 11.5 Å². The molecule has 0 amide bonds. The Morgan fingerprint density at radius 3 is 2.46 bits per heavy atom. The third-order valence-electron chi connectivity index (χ3n) is 3.77. The number of benzene rings is 1. The van der Waals surface area contributed by atoms with Crippen molar-refractivity contribution in [1.82, 2.24) is 10.2 Å². The number of hydrogen-bond acceptors (Lipinski definition) is 4. The average Bonchev–Trinajstić information content (AvgIpc) is 2.52. The maximum Gasteiger partial charge on any atom is 0.573 e. The zero-order valence-corrected chi connectivity index (χ0v) is 14.1. The lowest BCUT2D eigenvalue weighted by Gasteiger charge is -2.35. The molecule has 138 valence electrons. The fourth-order valence-corrected chi connectivity index (χ4v) is 2.80. The molecule has 1 aromatic rings. The van der Waals surface area contributed by atoms with Crippen LogP contribution in [0.25, 0.3) is 0 Å². The number of piperazine rings is 1. The first-order chi connectivity index (χ1) is 10.9. The molecule has 4 nitrogen and oxygen atoms in total. The highest BCUT2D eigenvalue weighted by molar-refractivity contribution is 5.85. The molecule has 1 N–H and O–H groups in total. The first kappa shape index (κ1) is 20.8. The number of ether oxygens (including phenoxy) is 2. The standard InChI is InChI=1S/C15H20F4N2O2.ClH/c1-22-14-10-11(23-15(17,18)19)2-3-12(14)13(4-5-16)21-8-6-20-7-9-21;/h2-3,10,13,20H,4-9H2,1H3;1H/t13-;/m1./s1. The van der Waals surface area contributed by atoms with Crippen molar-refractivity contribution < 1.29 is 27.0 Å². The van der Waals surface area contributed by atoms with Crippen LogP contribution >= 0.6 is 12.4 Å². The molecule has 0 saturated carbocycles. The summed E-state index contributed by atoms with van der Waals surface area (Å²) in [6.45, 7) is 2.56. The van der Waals surface area contributed by atoms with Gasteiger partial charge in [-0.25, -0.2) is 0 Å². The van der Waals surface area contributed by atoms with Gasteiger partial charge in [-0.2, -0.15) is 0 Å². The summed E-state index contributed by atoms with van der Waals surface area (Å²) < 4.78 is 59.0. The Morgan fingerprint density at radius 2 is 1.92 bits per heavy atom. The smallest absolute Gasteiger partial charge is 0.496 e. The van der Waals surface area contributed by atoms with E-state index in [0.717, 1.165) is 26.2 Å². The minimum absolute atomic E-state index is 0. The molecule has 1 fully saturated rings. The largest absolute Gasteiger partial charge is 0.573 e. The van der Waals surface area contributed by atoms with Crippen LogP contribution in [-0.2, 0) is 0 Å². The van der Waals surface area contributed by atoms with Gasteiger partial charge in [-0.15, -0.1) is 25.6 Å². The summed E-state index contributed by atoms with van der Waals surface area (Å²) in [4.78, 5) is 2.11. The first-order valence-corrected chi connectivity index (χ1v) is 7.39. The van der Waals surface area contributed by atoms with Gasteiger partial charge in [-0.1, -0.05) is 6.07 Å². The van der Waals surface area contributed by atoms with E-state index in [1.165, 1.54) is 25.3 Å². The lowest BCUT2D eigenvalue weighted by atomic mass is 10.00. The van der Waals surface area contributed by atoms with Crippen molar-refractivity contribution in [3.05, 3.63) is 23.8 Å². The highest BCUT2D eigenvalue weighted by Crippen LogP contribution is 2.36. The fourth-order valence-electron chi connectivity index (χ4n) is 2.80. The molecule has 1 saturated heterocycles. The molecular formula is C15H21ClF4N2O2. The monoisotopic (exact) mass is 372 g/mol. The molecule has 2 rings (SSSR count). The van der Waals surface area contributed by atoms with Gasteiger partial charge in [0.05, 0.1) is 13.8 Å². The van der Waals surface area contributed by atoms with Gasteiger partial charge in [-0.3, -0.25) is 9.29 Å². The maximum atomic E-state index is 13.0. The Kier molecular flexibility index (Phi) is 8.05. The molecule has 1 aliphatic heterocycles. The molecule has 0 radical (unpaired) electrons. The molecule has 0 unspecified atom stereocenters. The van der Waals surface area contributed by atoms with Crippen LogP contribution in [0.5, 0.6) is 11.5 Å². The summed E-state index contributed by atoms with van der Waals surface area (Å²) in [5, 5.41) is 3.21. The summed E-state index contributed by atoms with van der Waals surface area (Å²) in [7, 11) is 1.38. The van der Waals surface area contributed by atoms with Gasteiger partial charge in [0.1, 0.15) is 11.5 Å². The number of rotatable bonds is 6. The van der Waals surface area contributed by atoms with Gasteiger partial charge < -0.3 is 14.8 Å². The van der Waals surface area contributed by atoms with Crippen LogP contribution < -0.4 is 14.8 Å². The lowest BCUT2D eigenvalue weighted by molar-refractivity contribution is -0.274. The minimum Gasteiger partial charge on any atom is -0.496 e. The van der Waals surface area contributed by atoms with E-state index >= 15 is 0 Å². The van der Waals surface area contributed by atoms with Gasteiger partial charge in [0.15, 0.2) is 0 Å². The molecule has 0 spiro atoms. The molecule has 9 heteroatoms. The molecular weight excluding hydrogens is 352 g/mol. The average molecular weight is 373 g/mol. The number of alkyl halides is 4. The molecule has 0 bridgehead atoms. The van der Waals surface area contributed by atoms with E-state index in [9.17, 15) is 17.6 Å². The quantitative estimate of drug-likeness (QED) is 0.777. The van der Waals surface area contributed by atoms with E-state index in [2.05, 4.69) is 15.0 Å². The Balaban J connectivity index is 0.00000288. The van der Waals surface area contributed by atoms with Gasteiger partial charge in [-0.05, 0) is 12.5 Å². The molecule has 24 heavy (non-hydrogen) atoms. The van der Waals surface area contributed by atoms with Gasteiger partial charge in [0, 0.05) is 43.9 Å². The van der Waals surface area contributed by atoms with Crippen molar-refractivity contribution in [2.24, 2.45) is 0 Å². The van der Waals surface area contributed by atoms with Gasteiger partial charge >= 0.3 is 6.36 Å². The van der Waals surface area contributed by atoms with E-state index in [1.54, 1.807) is 0 Å². The fraction of sp³-hybridized carbons (Fsp3) is 0.600. The number of nitrogens with zero attached hydrogens (tertiary/aromatic N) is 1. The number of nitrogens with one attached hydrogen (secondary N) is 1. The van der Waals surface area contributed by atoms with Crippen LogP contribution in [0, 0.1) is 0 Å². The summed E-state index contributed by atoms with van der Waals surface area (Å²) in [5.41, 5.74) is 0.668. The van der Waals surface area contributed by atoms with Crippen LogP contribution in [-0.4, -0.2) is 51.2 Å². The maximum absolute atomic E-state index is 13.0. The summed E-state index contributed by atoms with van der Waals surface area (Å²) in [6, 6.07) is 3.70. The molecule has 0 aromatic heterocycles. The molecule has 1 aromatic carbocycles. The third kappa shape index (κ3) is 5.68. The van der Waals surface area contributed by atoms with E-state index < -0.39 is 13.0 Å². The third-order valence-corrected chi connectivity index (χ3v) is 3.77. The second kappa shape index (κ2) is 9.29. The predicted octanol–water partition coefficient (Wildman–Crippen LogP) is 3.32. The van der Waals surface area contributed by atoms with Crippen LogP contribution in [0.2, 0.25) is 0 Å². The van der Waals surface area contributed by atoms with E-state index in [1.807, 2.05) is 0 Å². The summed E-state index contributed by atoms with van der Waals surface area (Å²) in [6.07, 6.45) is -4.50. The Labute approximate surface area is 144 Å². The van der Waals surface area contributed by atoms with Crippen molar-refractivity contribution in [2.45, 2.75) is 18.8 Å². The highest BCUT2D eigenvalue weighted by atomic mass is 35.5. The van der Waals surface area contributed by atoms with Gasteiger partial charge in [0.2, 0.25) is 0 Å². The Hall–Kier alpha value is -1.25. The number of halogens is 5. The van der Waals surface area contributed by atoms with Crippen molar-refractivity contribution >= 4 is 12.4 Å². The SMILES string of the molecule is COc1cc(OC(F)(F)F)ccc1[C@@H](CCF)N1CCNCC1.Cl. The lowest BCUT2D eigenvalue weighted by Crippen LogP contribution is -2.45. The zero-order valence-electron chi connectivity index (χ0n) is 13.2. The van der Waals surface area contributed by atoms with Crippen molar-refractivity contribution in [3.63, 3.8) is 0 Å². The van der Waals surface area contributed by atoms with Gasteiger partial charge in [0.25, 0.3) is 0 Å².